The van der Waals surface area contributed by atoms with Crippen molar-refractivity contribution in [1.29, 1.82) is 0 Å². The molecule has 0 spiro atoms. The van der Waals surface area contributed by atoms with Crippen LogP contribution in [0.3, 0.4) is 0 Å². The van der Waals surface area contributed by atoms with Gasteiger partial charge in [0.25, 0.3) is 0 Å². The SMILES string of the molecule is O=C(CCCCCO)NCCCCCCCCCCCCNC(=O)CCCCCO. The number of nitrogens with one attached hydrogen (secondary N) is 2. The van der Waals surface area contributed by atoms with Gasteiger partial charge in [0.2, 0.25) is 11.8 Å². The van der Waals surface area contributed by atoms with Gasteiger partial charge < -0.3 is 20.8 Å². The van der Waals surface area contributed by atoms with Gasteiger partial charge in [-0.15, -0.1) is 0 Å². The molecule has 0 aromatic carbocycles. The van der Waals surface area contributed by atoms with Crippen LogP contribution in [0.25, 0.3) is 0 Å². The molecule has 0 rings (SSSR count). The number of carbonyl (C=O) groups is 2. The van der Waals surface area contributed by atoms with Crippen molar-refractivity contribution >= 4 is 11.8 Å². The number of amides is 2. The Labute approximate surface area is 184 Å². The Kier molecular flexibility index (Phi) is 23.2. The molecule has 178 valence electrons. The minimum absolute atomic E-state index is 0.144. The Morgan fingerprint density at radius 2 is 0.733 bits per heavy atom. The third-order valence-corrected chi connectivity index (χ3v) is 5.37. The third-order valence-electron chi connectivity index (χ3n) is 5.37. The molecule has 0 aliphatic heterocycles. The second kappa shape index (κ2) is 24.1. The lowest BCUT2D eigenvalue weighted by molar-refractivity contribution is -0.122. The van der Waals surface area contributed by atoms with Crippen molar-refractivity contribution in [2.75, 3.05) is 26.3 Å². The average Bonchev–Trinajstić information content (AvgIpc) is 2.74. The van der Waals surface area contributed by atoms with Crippen LogP contribution in [-0.2, 0) is 9.59 Å². The van der Waals surface area contributed by atoms with Crippen LogP contribution in [-0.4, -0.2) is 48.3 Å². The van der Waals surface area contributed by atoms with E-state index in [1.54, 1.807) is 0 Å². The number of hydrogen-bond donors (Lipinski definition) is 4. The lowest BCUT2D eigenvalue weighted by Gasteiger charge is -2.06. The molecular formula is C24H48N2O4. The van der Waals surface area contributed by atoms with Crippen molar-refractivity contribution in [2.45, 2.75) is 116 Å². The van der Waals surface area contributed by atoms with Crippen LogP contribution in [0, 0.1) is 0 Å². The van der Waals surface area contributed by atoms with Crippen molar-refractivity contribution in [3.05, 3.63) is 0 Å². The molecule has 0 atom stereocenters. The molecule has 0 aliphatic rings. The number of aliphatic hydroxyl groups excluding tert-OH is 2. The van der Waals surface area contributed by atoms with Crippen LogP contribution in [0.5, 0.6) is 0 Å². The number of aliphatic hydroxyl groups is 2. The predicted molar refractivity (Wildman–Crippen MR) is 123 cm³/mol. The molecule has 0 aromatic heterocycles. The monoisotopic (exact) mass is 428 g/mol. The highest BCUT2D eigenvalue weighted by Gasteiger charge is 2.01. The Morgan fingerprint density at radius 3 is 1.07 bits per heavy atom. The largest absolute Gasteiger partial charge is 0.396 e. The summed E-state index contributed by atoms with van der Waals surface area (Å²) in [5.74, 6) is 0.288. The maximum absolute atomic E-state index is 11.6. The van der Waals surface area contributed by atoms with E-state index in [-0.39, 0.29) is 25.0 Å². The molecule has 0 aliphatic carbocycles. The minimum Gasteiger partial charge on any atom is -0.396 e. The average molecular weight is 429 g/mol. The van der Waals surface area contributed by atoms with Crippen LogP contribution in [0.15, 0.2) is 0 Å². The van der Waals surface area contributed by atoms with Gasteiger partial charge in [0.15, 0.2) is 0 Å². The molecule has 0 radical (unpaired) electrons. The molecule has 0 aromatic rings. The van der Waals surface area contributed by atoms with E-state index in [0.717, 1.165) is 64.5 Å². The molecule has 6 nitrogen and oxygen atoms in total. The van der Waals surface area contributed by atoms with Crippen LogP contribution < -0.4 is 10.6 Å². The van der Waals surface area contributed by atoms with E-state index in [1.807, 2.05) is 0 Å². The molecule has 0 saturated carbocycles. The highest BCUT2D eigenvalue weighted by Crippen LogP contribution is 2.10. The minimum atomic E-state index is 0.144. The van der Waals surface area contributed by atoms with Gasteiger partial charge in [-0.25, -0.2) is 0 Å². The molecule has 30 heavy (non-hydrogen) atoms. The summed E-state index contributed by atoms with van der Waals surface area (Å²) in [7, 11) is 0. The smallest absolute Gasteiger partial charge is 0.219 e. The summed E-state index contributed by atoms with van der Waals surface area (Å²) in [5.41, 5.74) is 0. The summed E-state index contributed by atoms with van der Waals surface area (Å²) in [6.45, 7) is 2.01. The van der Waals surface area contributed by atoms with Crippen molar-refractivity contribution in [3.63, 3.8) is 0 Å². The van der Waals surface area contributed by atoms with E-state index in [4.69, 9.17) is 10.2 Å². The lowest BCUT2D eigenvalue weighted by Crippen LogP contribution is -2.24. The Balaban J connectivity index is 3.17. The maximum atomic E-state index is 11.6. The molecule has 0 heterocycles. The molecule has 0 bridgehead atoms. The van der Waals surface area contributed by atoms with E-state index >= 15 is 0 Å². The van der Waals surface area contributed by atoms with E-state index in [9.17, 15) is 9.59 Å². The fourth-order valence-electron chi connectivity index (χ4n) is 3.44. The quantitative estimate of drug-likeness (QED) is 0.183. The van der Waals surface area contributed by atoms with Crippen LogP contribution in [0.4, 0.5) is 0 Å². The zero-order valence-corrected chi connectivity index (χ0v) is 19.3. The Bertz CT molecular complexity index is 355. The van der Waals surface area contributed by atoms with Crippen LogP contribution in [0.2, 0.25) is 0 Å². The molecule has 6 heteroatoms. The van der Waals surface area contributed by atoms with Crippen molar-refractivity contribution in [3.8, 4) is 0 Å². The first-order valence-electron chi connectivity index (χ1n) is 12.5. The first kappa shape index (κ1) is 28.9. The second-order valence-corrected chi connectivity index (χ2v) is 8.30. The first-order chi connectivity index (χ1) is 14.7. The van der Waals surface area contributed by atoms with Crippen LogP contribution in [0.1, 0.15) is 116 Å². The summed E-state index contributed by atoms with van der Waals surface area (Å²) in [6.07, 6.45) is 18.5. The fourth-order valence-corrected chi connectivity index (χ4v) is 3.44. The van der Waals surface area contributed by atoms with E-state index in [0.29, 0.717) is 12.8 Å². The summed E-state index contributed by atoms with van der Waals surface area (Å²) < 4.78 is 0. The van der Waals surface area contributed by atoms with Crippen molar-refractivity contribution in [2.24, 2.45) is 0 Å². The second-order valence-electron chi connectivity index (χ2n) is 8.30. The Morgan fingerprint density at radius 1 is 0.433 bits per heavy atom. The number of unbranched alkanes of at least 4 members (excludes halogenated alkanes) is 13. The zero-order valence-electron chi connectivity index (χ0n) is 19.3. The van der Waals surface area contributed by atoms with E-state index < -0.39 is 0 Å². The van der Waals surface area contributed by atoms with Gasteiger partial charge in [-0.3, -0.25) is 9.59 Å². The normalized spacial score (nSPS) is 10.9. The molecule has 0 unspecified atom stereocenters. The standard InChI is InChI=1S/C24H48N2O4/c27-21-15-9-11-17-23(29)25-19-13-7-5-3-1-2-4-6-8-14-20-26-24(30)18-12-10-16-22-28/h27-28H,1-22H2,(H,25,29)(H,26,30). The number of rotatable bonds is 23. The highest BCUT2D eigenvalue weighted by molar-refractivity contribution is 5.76. The summed E-state index contributed by atoms with van der Waals surface area (Å²) in [4.78, 5) is 23.2. The number of carbonyl (C=O) groups excluding carboxylic acids is 2. The molecule has 0 fully saturated rings. The predicted octanol–water partition coefficient (Wildman–Crippen LogP) is 4.23. The molecule has 4 N–H and O–H groups in total. The summed E-state index contributed by atoms with van der Waals surface area (Å²) in [5, 5.41) is 23.4. The van der Waals surface area contributed by atoms with Gasteiger partial charge in [-0.2, -0.15) is 0 Å². The summed E-state index contributed by atoms with van der Waals surface area (Å²) >= 11 is 0. The van der Waals surface area contributed by atoms with Crippen molar-refractivity contribution in [1.82, 2.24) is 10.6 Å². The molecule has 0 saturated heterocycles. The fraction of sp³-hybridized carbons (Fsp3) is 0.917. The summed E-state index contributed by atoms with van der Waals surface area (Å²) in [6, 6.07) is 0. The lowest BCUT2D eigenvalue weighted by atomic mass is 10.1. The van der Waals surface area contributed by atoms with Gasteiger partial charge in [0.05, 0.1) is 0 Å². The highest BCUT2D eigenvalue weighted by atomic mass is 16.3. The van der Waals surface area contributed by atoms with E-state index in [2.05, 4.69) is 10.6 Å². The van der Waals surface area contributed by atoms with Gasteiger partial charge in [-0.1, -0.05) is 64.2 Å². The maximum Gasteiger partial charge on any atom is 0.219 e. The topological polar surface area (TPSA) is 98.7 Å². The third kappa shape index (κ3) is 23.1. The van der Waals surface area contributed by atoms with Crippen LogP contribution >= 0.6 is 0 Å². The van der Waals surface area contributed by atoms with Gasteiger partial charge in [0.1, 0.15) is 0 Å². The van der Waals surface area contributed by atoms with Gasteiger partial charge in [-0.05, 0) is 38.5 Å². The first-order valence-corrected chi connectivity index (χ1v) is 12.5. The van der Waals surface area contributed by atoms with Gasteiger partial charge in [0, 0.05) is 39.1 Å². The molecular weight excluding hydrogens is 380 g/mol. The van der Waals surface area contributed by atoms with E-state index in [1.165, 1.54) is 51.4 Å². The van der Waals surface area contributed by atoms with Crippen molar-refractivity contribution < 1.29 is 19.8 Å². The molecule has 2 amide bonds. The number of hydrogen-bond acceptors (Lipinski definition) is 4. The Hall–Kier alpha value is -1.14. The van der Waals surface area contributed by atoms with Gasteiger partial charge >= 0.3 is 0 Å². The zero-order chi connectivity index (χ0) is 22.1.